The molecule has 2 aromatic rings. The SMILES string of the molecule is C#Cc1cccc(N(CC(=O)NC)C(=O)Cc2ccc(Cl)c(Cl)c2)c1. The summed E-state index contributed by atoms with van der Waals surface area (Å²) in [5.41, 5.74) is 1.89. The third-order valence-electron chi connectivity index (χ3n) is 3.55. The zero-order chi connectivity index (χ0) is 18.4. The molecule has 1 N–H and O–H groups in total. The van der Waals surface area contributed by atoms with Crippen LogP contribution >= 0.6 is 23.2 Å². The van der Waals surface area contributed by atoms with Crippen molar-refractivity contribution in [1.29, 1.82) is 0 Å². The highest BCUT2D eigenvalue weighted by molar-refractivity contribution is 6.42. The van der Waals surface area contributed by atoms with Crippen LogP contribution < -0.4 is 10.2 Å². The average Bonchev–Trinajstić information content (AvgIpc) is 2.62. The van der Waals surface area contributed by atoms with Gasteiger partial charge in [0.2, 0.25) is 11.8 Å². The average molecular weight is 375 g/mol. The first-order valence-corrected chi connectivity index (χ1v) is 8.21. The molecule has 25 heavy (non-hydrogen) atoms. The van der Waals surface area contributed by atoms with Gasteiger partial charge in [0.25, 0.3) is 0 Å². The normalized spacial score (nSPS) is 10.0. The number of likely N-dealkylation sites (N-methyl/N-ethyl adjacent to an activating group) is 1. The molecular formula is C19H16Cl2N2O2. The molecule has 0 aliphatic heterocycles. The lowest BCUT2D eigenvalue weighted by Crippen LogP contribution is -2.40. The minimum absolute atomic E-state index is 0.0775. The van der Waals surface area contributed by atoms with E-state index >= 15 is 0 Å². The van der Waals surface area contributed by atoms with Crippen molar-refractivity contribution in [2.75, 3.05) is 18.5 Å². The summed E-state index contributed by atoms with van der Waals surface area (Å²) in [6.45, 7) is -0.106. The first-order valence-electron chi connectivity index (χ1n) is 7.46. The van der Waals surface area contributed by atoms with Gasteiger partial charge >= 0.3 is 0 Å². The van der Waals surface area contributed by atoms with E-state index in [2.05, 4.69) is 11.2 Å². The van der Waals surface area contributed by atoms with Crippen molar-refractivity contribution in [1.82, 2.24) is 5.32 Å². The van der Waals surface area contributed by atoms with E-state index in [1.807, 2.05) is 0 Å². The van der Waals surface area contributed by atoms with E-state index in [0.717, 1.165) is 0 Å². The molecule has 0 aliphatic carbocycles. The molecule has 0 bridgehead atoms. The van der Waals surface area contributed by atoms with Crippen LogP contribution in [0, 0.1) is 12.3 Å². The molecule has 0 atom stereocenters. The Hall–Kier alpha value is -2.48. The Balaban J connectivity index is 2.30. The van der Waals surface area contributed by atoms with Crippen LogP contribution in [0.4, 0.5) is 5.69 Å². The number of hydrogen-bond acceptors (Lipinski definition) is 2. The number of nitrogens with one attached hydrogen (secondary N) is 1. The quantitative estimate of drug-likeness (QED) is 0.816. The van der Waals surface area contributed by atoms with Crippen LogP contribution in [-0.2, 0) is 16.0 Å². The molecule has 0 saturated carbocycles. The fourth-order valence-electron chi connectivity index (χ4n) is 2.23. The second kappa shape index (κ2) is 8.57. The van der Waals surface area contributed by atoms with Crippen molar-refractivity contribution in [3.05, 3.63) is 63.6 Å². The van der Waals surface area contributed by atoms with Gasteiger partial charge < -0.3 is 10.2 Å². The molecule has 0 aliphatic rings. The van der Waals surface area contributed by atoms with Crippen LogP contribution in [0.1, 0.15) is 11.1 Å². The zero-order valence-corrected chi connectivity index (χ0v) is 15.1. The number of terminal acetylenes is 1. The molecule has 0 saturated heterocycles. The fourth-order valence-corrected chi connectivity index (χ4v) is 2.55. The van der Waals surface area contributed by atoms with Gasteiger partial charge in [-0.25, -0.2) is 0 Å². The lowest BCUT2D eigenvalue weighted by atomic mass is 10.1. The summed E-state index contributed by atoms with van der Waals surface area (Å²) in [6, 6.07) is 11.9. The highest BCUT2D eigenvalue weighted by atomic mass is 35.5. The summed E-state index contributed by atoms with van der Waals surface area (Å²) < 4.78 is 0. The molecule has 0 heterocycles. The molecule has 0 fully saturated rings. The van der Waals surface area contributed by atoms with Crippen LogP contribution in [0.15, 0.2) is 42.5 Å². The Bertz CT molecular complexity index is 844. The van der Waals surface area contributed by atoms with Crippen molar-refractivity contribution >= 4 is 40.7 Å². The lowest BCUT2D eigenvalue weighted by Gasteiger charge is -2.22. The first kappa shape index (κ1) is 18.9. The maximum atomic E-state index is 12.8. The number of rotatable bonds is 5. The molecule has 0 unspecified atom stereocenters. The third-order valence-corrected chi connectivity index (χ3v) is 4.28. The molecule has 0 aromatic heterocycles. The summed E-state index contributed by atoms with van der Waals surface area (Å²) in [6.07, 6.45) is 5.49. The minimum atomic E-state index is -0.284. The van der Waals surface area contributed by atoms with E-state index in [-0.39, 0.29) is 24.8 Å². The van der Waals surface area contributed by atoms with E-state index in [0.29, 0.717) is 26.9 Å². The summed E-state index contributed by atoms with van der Waals surface area (Å²) >= 11 is 11.9. The highest BCUT2D eigenvalue weighted by Gasteiger charge is 2.19. The fraction of sp³-hybridized carbons (Fsp3) is 0.158. The summed E-state index contributed by atoms with van der Waals surface area (Å²) in [7, 11) is 1.52. The summed E-state index contributed by atoms with van der Waals surface area (Å²) in [5.74, 6) is 1.98. The van der Waals surface area contributed by atoms with Gasteiger partial charge in [-0.05, 0) is 35.9 Å². The number of nitrogens with zero attached hydrogens (tertiary/aromatic N) is 1. The van der Waals surface area contributed by atoms with Crippen molar-refractivity contribution in [3.63, 3.8) is 0 Å². The minimum Gasteiger partial charge on any atom is -0.358 e. The molecule has 2 rings (SSSR count). The molecule has 128 valence electrons. The second-order valence-electron chi connectivity index (χ2n) is 5.27. The van der Waals surface area contributed by atoms with Gasteiger partial charge in [-0.3, -0.25) is 9.59 Å². The molecule has 0 radical (unpaired) electrons. The Labute approximate surface area is 156 Å². The van der Waals surface area contributed by atoms with Gasteiger partial charge in [0, 0.05) is 18.3 Å². The molecule has 0 spiro atoms. The van der Waals surface area contributed by atoms with E-state index in [4.69, 9.17) is 29.6 Å². The largest absolute Gasteiger partial charge is 0.358 e. The second-order valence-corrected chi connectivity index (χ2v) is 6.09. The van der Waals surface area contributed by atoms with Crippen molar-refractivity contribution in [3.8, 4) is 12.3 Å². The Morgan fingerprint density at radius 3 is 2.56 bits per heavy atom. The number of carbonyl (C=O) groups is 2. The van der Waals surface area contributed by atoms with E-state index in [1.54, 1.807) is 42.5 Å². The Morgan fingerprint density at radius 1 is 1.16 bits per heavy atom. The number of halogens is 2. The highest BCUT2D eigenvalue weighted by Crippen LogP contribution is 2.24. The van der Waals surface area contributed by atoms with Gasteiger partial charge in [0.1, 0.15) is 6.54 Å². The first-order chi connectivity index (χ1) is 11.9. The summed E-state index contributed by atoms with van der Waals surface area (Å²) in [4.78, 5) is 26.0. The monoisotopic (exact) mass is 374 g/mol. The van der Waals surface area contributed by atoms with Gasteiger partial charge in [0.05, 0.1) is 16.5 Å². The van der Waals surface area contributed by atoms with E-state index in [9.17, 15) is 9.59 Å². The molecular weight excluding hydrogens is 359 g/mol. The van der Waals surface area contributed by atoms with E-state index < -0.39 is 0 Å². The smallest absolute Gasteiger partial charge is 0.239 e. The van der Waals surface area contributed by atoms with Crippen LogP contribution in [0.3, 0.4) is 0 Å². The van der Waals surface area contributed by atoms with Crippen LogP contribution in [-0.4, -0.2) is 25.4 Å². The zero-order valence-electron chi connectivity index (χ0n) is 13.6. The number of amides is 2. The predicted octanol–water partition coefficient (Wildman–Crippen LogP) is 3.30. The van der Waals surface area contributed by atoms with Gasteiger partial charge in [0.15, 0.2) is 0 Å². The number of benzene rings is 2. The molecule has 2 amide bonds. The molecule has 4 nitrogen and oxygen atoms in total. The maximum Gasteiger partial charge on any atom is 0.239 e. The van der Waals surface area contributed by atoms with Gasteiger partial charge in [-0.15, -0.1) is 6.42 Å². The van der Waals surface area contributed by atoms with Crippen LogP contribution in [0.5, 0.6) is 0 Å². The van der Waals surface area contributed by atoms with Gasteiger partial charge in [-0.2, -0.15) is 0 Å². The summed E-state index contributed by atoms with van der Waals surface area (Å²) in [5, 5.41) is 3.31. The van der Waals surface area contributed by atoms with Crippen LogP contribution in [0.2, 0.25) is 10.0 Å². The molecule has 2 aromatic carbocycles. The van der Waals surface area contributed by atoms with Crippen molar-refractivity contribution < 1.29 is 9.59 Å². The maximum absolute atomic E-state index is 12.8. The topological polar surface area (TPSA) is 49.4 Å². The molecule has 6 heteroatoms. The predicted molar refractivity (Wildman–Crippen MR) is 101 cm³/mol. The third kappa shape index (κ3) is 4.99. The van der Waals surface area contributed by atoms with Crippen LogP contribution in [0.25, 0.3) is 0 Å². The Morgan fingerprint density at radius 2 is 1.92 bits per heavy atom. The standard InChI is InChI=1S/C19H16Cl2N2O2/c1-3-13-5-4-6-15(9-13)23(12-18(24)22-2)19(25)11-14-7-8-16(20)17(21)10-14/h1,4-10H,11-12H2,2H3,(H,22,24). The number of carbonyl (C=O) groups excluding carboxylic acids is 2. The van der Waals surface area contributed by atoms with Gasteiger partial charge in [-0.1, -0.05) is 41.3 Å². The van der Waals surface area contributed by atoms with E-state index in [1.165, 1.54) is 11.9 Å². The number of anilines is 1. The lowest BCUT2D eigenvalue weighted by molar-refractivity contribution is -0.123. The number of hydrogen-bond donors (Lipinski definition) is 1. The Kier molecular flexibility index (Phi) is 6.46. The van der Waals surface area contributed by atoms with Crippen molar-refractivity contribution in [2.45, 2.75) is 6.42 Å². The van der Waals surface area contributed by atoms with Crippen molar-refractivity contribution in [2.24, 2.45) is 0 Å².